The molecule has 150 valence electrons. The highest BCUT2D eigenvalue weighted by molar-refractivity contribution is 7.91. The van der Waals surface area contributed by atoms with Crippen molar-refractivity contribution in [2.45, 2.75) is 23.3 Å². The number of anilines is 1. The van der Waals surface area contributed by atoms with Crippen LogP contribution < -0.4 is 15.4 Å². The largest absolute Gasteiger partial charge is 0.496 e. The number of benzene rings is 2. The van der Waals surface area contributed by atoms with E-state index in [4.69, 9.17) is 4.74 Å². The third-order valence-electron chi connectivity index (χ3n) is 4.29. The number of carbonyl (C=O) groups is 1. The quantitative estimate of drug-likeness (QED) is 0.646. The van der Waals surface area contributed by atoms with Crippen molar-refractivity contribution in [1.29, 1.82) is 0 Å². The molecule has 0 aliphatic heterocycles. The number of sulfone groups is 1. The number of carbonyl (C=O) groups excluding carboxylic acids is 1. The van der Waals surface area contributed by atoms with Gasteiger partial charge in [-0.15, -0.1) is 0 Å². The lowest BCUT2D eigenvalue weighted by Crippen LogP contribution is -2.28. The van der Waals surface area contributed by atoms with Gasteiger partial charge in [0.25, 0.3) is 0 Å². The van der Waals surface area contributed by atoms with Gasteiger partial charge in [0.2, 0.25) is 9.84 Å². The lowest BCUT2D eigenvalue weighted by atomic mass is 10.2. The van der Waals surface area contributed by atoms with Crippen LogP contribution in [0.15, 0.2) is 76.8 Å². The summed E-state index contributed by atoms with van der Waals surface area (Å²) in [6, 6.07) is 14.0. The molecule has 1 heterocycles. The van der Waals surface area contributed by atoms with Crippen molar-refractivity contribution >= 4 is 21.6 Å². The topological polar surface area (TPSA) is 97.4 Å². The standard InChI is InChI=1S/C21H21N3O4S/c1-15-5-8-19(12-20(15)28-2)29(26,27)18-9-6-17(7-10-18)24-21(25)23-14-16-4-3-11-22-13-16/h3-13H,14H2,1-2H3,(H2,23,24,25). The molecule has 0 radical (unpaired) electrons. The zero-order valence-electron chi connectivity index (χ0n) is 16.0. The lowest BCUT2D eigenvalue weighted by Gasteiger charge is -2.10. The van der Waals surface area contributed by atoms with Crippen LogP contribution in [0.2, 0.25) is 0 Å². The van der Waals surface area contributed by atoms with Crippen LogP contribution in [0.25, 0.3) is 0 Å². The van der Waals surface area contributed by atoms with Crippen LogP contribution >= 0.6 is 0 Å². The third kappa shape index (κ3) is 4.91. The molecule has 0 aliphatic rings. The number of aromatic nitrogens is 1. The summed E-state index contributed by atoms with van der Waals surface area (Å²) in [5.74, 6) is 0.509. The van der Waals surface area contributed by atoms with Crippen LogP contribution in [-0.4, -0.2) is 26.5 Å². The van der Waals surface area contributed by atoms with E-state index >= 15 is 0 Å². The van der Waals surface area contributed by atoms with Gasteiger partial charge in [-0.2, -0.15) is 0 Å². The van der Waals surface area contributed by atoms with Crippen molar-refractivity contribution in [2.75, 3.05) is 12.4 Å². The predicted molar refractivity (Wildman–Crippen MR) is 110 cm³/mol. The van der Waals surface area contributed by atoms with E-state index in [1.165, 1.54) is 25.3 Å². The first-order chi connectivity index (χ1) is 13.9. The number of hydrogen-bond donors (Lipinski definition) is 2. The van der Waals surface area contributed by atoms with Gasteiger partial charge in [-0.25, -0.2) is 13.2 Å². The molecular formula is C21H21N3O4S. The third-order valence-corrected chi connectivity index (χ3v) is 6.06. The molecule has 0 saturated heterocycles. The van der Waals surface area contributed by atoms with Crippen molar-refractivity contribution in [3.8, 4) is 5.75 Å². The second-order valence-electron chi connectivity index (χ2n) is 6.33. The minimum atomic E-state index is -3.70. The fraction of sp³-hybridized carbons (Fsp3) is 0.143. The Labute approximate surface area is 169 Å². The molecule has 2 amide bonds. The van der Waals surface area contributed by atoms with E-state index in [0.29, 0.717) is 18.0 Å². The first-order valence-electron chi connectivity index (χ1n) is 8.84. The van der Waals surface area contributed by atoms with Crippen LogP contribution in [0.4, 0.5) is 10.5 Å². The number of methoxy groups -OCH3 is 1. The molecule has 3 aromatic rings. The second-order valence-corrected chi connectivity index (χ2v) is 8.28. The van der Waals surface area contributed by atoms with Crippen molar-refractivity contribution in [3.63, 3.8) is 0 Å². The number of ether oxygens (including phenoxy) is 1. The summed E-state index contributed by atoms with van der Waals surface area (Å²) in [5, 5.41) is 5.38. The SMILES string of the molecule is COc1cc(S(=O)(=O)c2ccc(NC(=O)NCc3cccnc3)cc2)ccc1C. The Kier molecular flexibility index (Phi) is 6.13. The maximum Gasteiger partial charge on any atom is 0.319 e. The van der Waals surface area contributed by atoms with Crippen LogP contribution in [0.5, 0.6) is 5.75 Å². The molecule has 0 unspecified atom stereocenters. The van der Waals surface area contributed by atoms with Gasteiger partial charge in [0.1, 0.15) is 5.75 Å². The monoisotopic (exact) mass is 411 g/mol. The average molecular weight is 411 g/mol. The number of urea groups is 1. The average Bonchev–Trinajstić information content (AvgIpc) is 2.73. The number of amides is 2. The molecule has 2 N–H and O–H groups in total. The molecule has 0 fully saturated rings. The van der Waals surface area contributed by atoms with Gasteiger partial charge in [0, 0.05) is 24.6 Å². The van der Waals surface area contributed by atoms with E-state index in [2.05, 4.69) is 15.6 Å². The van der Waals surface area contributed by atoms with Gasteiger partial charge in [-0.05, 0) is 60.5 Å². The van der Waals surface area contributed by atoms with E-state index in [9.17, 15) is 13.2 Å². The highest BCUT2D eigenvalue weighted by Crippen LogP contribution is 2.27. The Bertz CT molecular complexity index is 1100. The van der Waals surface area contributed by atoms with Gasteiger partial charge >= 0.3 is 6.03 Å². The number of rotatable bonds is 6. The van der Waals surface area contributed by atoms with Crippen molar-refractivity contribution < 1.29 is 17.9 Å². The summed E-state index contributed by atoms with van der Waals surface area (Å²) in [5.41, 5.74) is 2.20. The van der Waals surface area contributed by atoms with Gasteiger partial charge in [0.05, 0.1) is 16.9 Å². The molecule has 29 heavy (non-hydrogen) atoms. The fourth-order valence-corrected chi connectivity index (χ4v) is 3.96. The number of nitrogens with zero attached hydrogens (tertiary/aromatic N) is 1. The summed E-state index contributed by atoms with van der Waals surface area (Å²) in [6.07, 6.45) is 3.33. The fourth-order valence-electron chi connectivity index (χ4n) is 2.68. The Balaban J connectivity index is 1.68. The molecule has 0 atom stereocenters. The van der Waals surface area contributed by atoms with E-state index in [1.54, 1.807) is 42.7 Å². The second kappa shape index (κ2) is 8.74. The van der Waals surface area contributed by atoms with Crippen LogP contribution in [0.3, 0.4) is 0 Å². The highest BCUT2D eigenvalue weighted by atomic mass is 32.2. The van der Waals surface area contributed by atoms with Crippen molar-refractivity contribution in [2.24, 2.45) is 0 Å². The normalized spacial score (nSPS) is 11.0. The first-order valence-corrected chi connectivity index (χ1v) is 10.3. The summed E-state index contributed by atoms with van der Waals surface area (Å²) in [4.78, 5) is 16.3. The van der Waals surface area contributed by atoms with E-state index < -0.39 is 15.9 Å². The van der Waals surface area contributed by atoms with Gasteiger partial charge in [0.15, 0.2) is 0 Å². The van der Waals surface area contributed by atoms with E-state index in [1.807, 2.05) is 13.0 Å². The van der Waals surface area contributed by atoms with Gasteiger partial charge in [-0.3, -0.25) is 4.98 Å². The number of aryl methyl sites for hydroxylation is 1. The summed E-state index contributed by atoms with van der Waals surface area (Å²) in [7, 11) is -2.20. The van der Waals surface area contributed by atoms with Crippen LogP contribution in [0, 0.1) is 6.92 Å². The number of nitrogens with one attached hydrogen (secondary N) is 2. The molecule has 0 saturated carbocycles. The van der Waals surface area contributed by atoms with Gasteiger partial charge < -0.3 is 15.4 Å². The zero-order chi connectivity index (χ0) is 20.9. The maximum atomic E-state index is 12.8. The van der Waals surface area contributed by atoms with Crippen LogP contribution in [0.1, 0.15) is 11.1 Å². The molecule has 3 rings (SSSR count). The van der Waals surface area contributed by atoms with E-state index in [-0.39, 0.29) is 9.79 Å². The molecule has 0 bridgehead atoms. The summed E-state index contributed by atoms with van der Waals surface area (Å²) >= 11 is 0. The predicted octanol–water partition coefficient (Wildman–Crippen LogP) is 3.55. The Morgan fingerprint density at radius 3 is 2.45 bits per heavy atom. The minimum absolute atomic E-state index is 0.129. The molecule has 2 aromatic carbocycles. The molecule has 0 aliphatic carbocycles. The van der Waals surface area contributed by atoms with E-state index in [0.717, 1.165) is 11.1 Å². The van der Waals surface area contributed by atoms with Crippen LogP contribution in [-0.2, 0) is 16.4 Å². The smallest absolute Gasteiger partial charge is 0.319 e. The lowest BCUT2D eigenvalue weighted by molar-refractivity contribution is 0.251. The highest BCUT2D eigenvalue weighted by Gasteiger charge is 2.19. The first kappa shape index (κ1) is 20.3. The Hall–Kier alpha value is -3.39. The Morgan fingerprint density at radius 2 is 1.79 bits per heavy atom. The van der Waals surface area contributed by atoms with Gasteiger partial charge in [-0.1, -0.05) is 12.1 Å². The summed E-state index contributed by atoms with van der Waals surface area (Å²) < 4.78 is 30.9. The molecule has 7 nitrogen and oxygen atoms in total. The Morgan fingerprint density at radius 1 is 1.07 bits per heavy atom. The number of pyridine rings is 1. The molecular weight excluding hydrogens is 390 g/mol. The number of hydrogen-bond acceptors (Lipinski definition) is 5. The summed E-state index contributed by atoms with van der Waals surface area (Å²) in [6.45, 7) is 2.18. The zero-order valence-corrected chi connectivity index (χ0v) is 16.9. The maximum absolute atomic E-state index is 12.8. The van der Waals surface area contributed by atoms with Crippen molar-refractivity contribution in [3.05, 3.63) is 78.1 Å². The minimum Gasteiger partial charge on any atom is -0.496 e. The van der Waals surface area contributed by atoms with Crippen molar-refractivity contribution in [1.82, 2.24) is 10.3 Å². The molecule has 1 aromatic heterocycles. The molecule has 0 spiro atoms. The molecule has 8 heteroatoms.